The van der Waals surface area contributed by atoms with Crippen LogP contribution >= 0.6 is 22.9 Å². The molecule has 1 heterocycles. The molecule has 2 aliphatic carbocycles. The number of carbonyl (C=O) groups is 3. The Hall–Kier alpha value is -2.38. The van der Waals surface area contributed by atoms with E-state index in [1.807, 2.05) is 0 Å². The van der Waals surface area contributed by atoms with Crippen LogP contribution in [0.15, 0.2) is 24.3 Å². The quantitative estimate of drug-likeness (QED) is 0.661. The van der Waals surface area contributed by atoms with Gasteiger partial charge < -0.3 is 15.4 Å². The zero-order valence-corrected chi connectivity index (χ0v) is 17.3. The van der Waals surface area contributed by atoms with E-state index < -0.39 is 5.91 Å². The minimum absolute atomic E-state index is 0.0578. The molecule has 1 fully saturated rings. The number of halogens is 1. The lowest BCUT2D eigenvalue weighted by molar-refractivity contribution is -0.148. The van der Waals surface area contributed by atoms with Gasteiger partial charge in [-0.25, -0.2) is 0 Å². The van der Waals surface area contributed by atoms with Gasteiger partial charge in [-0.15, -0.1) is 11.3 Å². The van der Waals surface area contributed by atoms with E-state index >= 15 is 0 Å². The van der Waals surface area contributed by atoms with Crippen molar-refractivity contribution in [2.75, 3.05) is 17.2 Å². The lowest BCUT2D eigenvalue weighted by Gasteiger charge is -2.13. The molecule has 0 spiro atoms. The molecular weight excluding hydrogens is 412 g/mol. The fourth-order valence-corrected chi connectivity index (χ4v) is 4.79. The highest BCUT2D eigenvalue weighted by atomic mass is 35.5. The van der Waals surface area contributed by atoms with E-state index in [0.29, 0.717) is 21.3 Å². The SMILES string of the molecule is O=C(COC(=O)C1CC1)Nc1sc2c(c1C(=O)Nc1ccc(Cl)cc1)CCCC2. The van der Waals surface area contributed by atoms with Gasteiger partial charge in [-0.2, -0.15) is 0 Å². The number of benzene rings is 1. The topological polar surface area (TPSA) is 84.5 Å². The Morgan fingerprint density at radius 1 is 1.07 bits per heavy atom. The van der Waals surface area contributed by atoms with Gasteiger partial charge in [-0.1, -0.05) is 11.6 Å². The number of thiophene rings is 1. The number of carbonyl (C=O) groups excluding carboxylic acids is 3. The van der Waals surface area contributed by atoms with E-state index in [2.05, 4.69) is 10.6 Å². The molecule has 0 atom stereocenters. The summed E-state index contributed by atoms with van der Waals surface area (Å²) in [5.74, 6) is -1.08. The Bertz CT molecular complexity index is 950. The minimum atomic E-state index is -0.432. The average molecular weight is 433 g/mol. The Morgan fingerprint density at radius 3 is 2.52 bits per heavy atom. The molecule has 2 aliphatic rings. The Labute approximate surface area is 177 Å². The molecule has 6 nitrogen and oxygen atoms in total. The van der Waals surface area contributed by atoms with E-state index in [1.54, 1.807) is 24.3 Å². The normalized spacial score (nSPS) is 15.3. The number of hydrogen-bond acceptors (Lipinski definition) is 5. The van der Waals surface area contributed by atoms with Crippen molar-refractivity contribution in [1.29, 1.82) is 0 Å². The summed E-state index contributed by atoms with van der Waals surface area (Å²) in [7, 11) is 0. The van der Waals surface area contributed by atoms with Gasteiger partial charge in [0.15, 0.2) is 6.61 Å². The van der Waals surface area contributed by atoms with E-state index in [4.69, 9.17) is 16.3 Å². The third kappa shape index (κ3) is 4.79. The third-order valence-electron chi connectivity index (χ3n) is 5.01. The monoisotopic (exact) mass is 432 g/mol. The smallest absolute Gasteiger partial charge is 0.309 e. The first kappa shape index (κ1) is 19.9. The second-order valence-corrected chi connectivity index (χ2v) is 8.85. The van der Waals surface area contributed by atoms with Crippen LogP contribution in [0.3, 0.4) is 0 Å². The number of hydrogen-bond donors (Lipinski definition) is 2. The van der Waals surface area contributed by atoms with Gasteiger partial charge in [-0.3, -0.25) is 14.4 Å². The van der Waals surface area contributed by atoms with Crippen molar-refractivity contribution in [2.45, 2.75) is 38.5 Å². The average Bonchev–Trinajstić information content (AvgIpc) is 3.49. The van der Waals surface area contributed by atoms with Gasteiger partial charge in [-0.05, 0) is 68.4 Å². The second kappa shape index (κ2) is 8.55. The lowest BCUT2D eigenvalue weighted by atomic mass is 9.95. The van der Waals surface area contributed by atoms with Crippen molar-refractivity contribution in [2.24, 2.45) is 5.92 Å². The summed E-state index contributed by atoms with van der Waals surface area (Å²) in [4.78, 5) is 38.1. The molecule has 0 unspecified atom stereocenters. The molecule has 2 amide bonds. The highest BCUT2D eigenvalue weighted by Crippen LogP contribution is 2.38. The Morgan fingerprint density at radius 2 is 1.79 bits per heavy atom. The summed E-state index contributed by atoms with van der Waals surface area (Å²) in [5, 5.41) is 6.76. The largest absolute Gasteiger partial charge is 0.455 e. The van der Waals surface area contributed by atoms with Crippen LogP contribution in [0.2, 0.25) is 5.02 Å². The molecule has 29 heavy (non-hydrogen) atoms. The first-order chi connectivity index (χ1) is 14.0. The zero-order chi connectivity index (χ0) is 20.4. The summed E-state index contributed by atoms with van der Waals surface area (Å²) in [6.07, 6.45) is 5.44. The first-order valence-electron chi connectivity index (χ1n) is 9.69. The van der Waals surface area contributed by atoms with Crippen LogP contribution in [0.5, 0.6) is 0 Å². The Balaban J connectivity index is 1.51. The van der Waals surface area contributed by atoms with Crippen molar-refractivity contribution >= 4 is 51.4 Å². The molecule has 2 N–H and O–H groups in total. The number of ether oxygens (including phenoxy) is 1. The molecule has 0 aliphatic heterocycles. The van der Waals surface area contributed by atoms with Crippen LogP contribution in [0.4, 0.5) is 10.7 Å². The number of fused-ring (bicyclic) bond motifs is 1. The predicted molar refractivity (Wildman–Crippen MR) is 113 cm³/mol. The van der Waals surface area contributed by atoms with Crippen LogP contribution in [-0.4, -0.2) is 24.4 Å². The highest BCUT2D eigenvalue weighted by Gasteiger charge is 2.32. The first-order valence-corrected chi connectivity index (χ1v) is 10.9. The summed E-state index contributed by atoms with van der Waals surface area (Å²) in [6, 6.07) is 6.87. The predicted octanol–water partition coefficient (Wildman–Crippen LogP) is 4.42. The summed E-state index contributed by atoms with van der Waals surface area (Å²) in [6.45, 7) is -0.337. The number of amides is 2. The van der Waals surface area contributed by atoms with Crippen molar-refractivity contribution in [1.82, 2.24) is 0 Å². The molecule has 0 bridgehead atoms. The number of aryl methyl sites for hydroxylation is 1. The summed E-state index contributed by atoms with van der Waals surface area (Å²) >= 11 is 7.34. The van der Waals surface area contributed by atoms with Crippen LogP contribution < -0.4 is 10.6 Å². The number of anilines is 2. The van der Waals surface area contributed by atoms with Gasteiger partial charge in [0.1, 0.15) is 5.00 Å². The van der Waals surface area contributed by atoms with Crippen molar-refractivity contribution in [3.8, 4) is 0 Å². The van der Waals surface area contributed by atoms with Crippen molar-refractivity contribution < 1.29 is 19.1 Å². The summed E-state index contributed by atoms with van der Waals surface area (Å²) < 4.78 is 5.05. The number of rotatable bonds is 6. The molecule has 8 heteroatoms. The number of nitrogens with one attached hydrogen (secondary N) is 2. The van der Waals surface area contributed by atoms with E-state index in [1.165, 1.54) is 11.3 Å². The number of esters is 1. The Kier molecular flexibility index (Phi) is 5.87. The molecule has 0 saturated heterocycles. The molecular formula is C21H21ClN2O4S. The van der Waals surface area contributed by atoms with Gasteiger partial charge in [0.05, 0.1) is 11.5 Å². The van der Waals surface area contributed by atoms with Gasteiger partial charge in [0, 0.05) is 15.6 Å². The highest BCUT2D eigenvalue weighted by molar-refractivity contribution is 7.17. The van der Waals surface area contributed by atoms with Crippen LogP contribution in [0.1, 0.15) is 46.5 Å². The lowest BCUT2D eigenvalue weighted by Crippen LogP contribution is -2.23. The standard InChI is InChI=1S/C21H21ClN2O4S/c22-13-7-9-14(10-8-13)23-19(26)18-15-3-1-2-4-16(15)29-20(18)24-17(25)11-28-21(27)12-5-6-12/h7-10,12H,1-6,11H2,(H,23,26)(H,24,25). The maximum atomic E-state index is 13.0. The fourth-order valence-electron chi connectivity index (χ4n) is 3.36. The summed E-state index contributed by atoms with van der Waals surface area (Å²) in [5.41, 5.74) is 2.13. The van der Waals surface area contributed by atoms with Crippen LogP contribution in [0, 0.1) is 5.92 Å². The van der Waals surface area contributed by atoms with Crippen LogP contribution in [0.25, 0.3) is 0 Å². The van der Waals surface area contributed by atoms with E-state index in [0.717, 1.165) is 49.0 Å². The van der Waals surface area contributed by atoms with Crippen LogP contribution in [-0.2, 0) is 27.2 Å². The van der Waals surface area contributed by atoms with Gasteiger partial charge in [0.2, 0.25) is 0 Å². The molecule has 1 aromatic heterocycles. The molecule has 1 aromatic carbocycles. The third-order valence-corrected chi connectivity index (χ3v) is 6.47. The molecule has 4 rings (SSSR count). The van der Waals surface area contributed by atoms with Gasteiger partial charge in [0.25, 0.3) is 11.8 Å². The van der Waals surface area contributed by atoms with Crippen molar-refractivity contribution in [3.63, 3.8) is 0 Å². The van der Waals surface area contributed by atoms with Crippen molar-refractivity contribution in [3.05, 3.63) is 45.3 Å². The molecule has 1 saturated carbocycles. The fraction of sp³-hybridized carbons (Fsp3) is 0.381. The maximum Gasteiger partial charge on any atom is 0.309 e. The van der Waals surface area contributed by atoms with Gasteiger partial charge >= 0.3 is 5.97 Å². The minimum Gasteiger partial charge on any atom is -0.455 e. The van der Waals surface area contributed by atoms with E-state index in [-0.39, 0.29) is 24.4 Å². The van der Waals surface area contributed by atoms with E-state index in [9.17, 15) is 14.4 Å². The molecule has 152 valence electrons. The second-order valence-electron chi connectivity index (χ2n) is 7.31. The molecule has 0 radical (unpaired) electrons. The zero-order valence-electron chi connectivity index (χ0n) is 15.8. The maximum absolute atomic E-state index is 13.0. The molecule has 2 aromatic rings.